The molecule has 27 heavy (non-hydrogen) atoms. The Kier molecular flexibility index (Phi) is 6.55. The number of ether oxygens (including phenoxy) is 3. The van der Waals surface area contributed by atoms with E-state index in [4.69, 9.17) is 9.47 Å². The SMILES string of the molecule is COc1ccc(OCCN(C)S(=O)(=O)c2ccc(OC(F)(F)F)cc2)cc1. The number of halogens is 3. The second kappa shape index (κ2) is 8.49. The third-order valence-electron chi connectivity index (χ3n) is 3.50. The van der Waals surface area contributed by atoms with Gasteiger partial charge >= 0.3 is 6.36 Å². The lowest BCUT2D eigenvalue weighted by atomic mass is 10.3. The van der Waals surface area contributed by atoms with Gasteiger partial charge in [0.1, 0.15) is 23.9 Å². The maximum absolute atomic E-state index is 12.4. The van der Waals surface area contributed by atoms with Crippen molar-refractivity contribution in [3.05, 3.63) is 48.5 Å². The van der Waals surface area contributed by atoms with Crippen LogP contribution in [0.4, 0.5) is 13.2 Å². The molecule has 0 atom stereocenters. The van der Waals surface area contributed by atoms with E-state index in [1.165, 1.54) is 14.2 Å². The Labute approximate surface area is 155 Å². The van der Waals surface area contributed by atoms with Crippen molar-refractivity contribution >= 4 is 10.0 Å². The van der Waals surface area contributed by atoms with Gasteiger partial charge in [0.05, 0.1) is 12.0 Å². The molecule has 2 rings (SSSR count). The van der Waals surface area contributed by atoms with Crippen molar-refractivity contribution in [2.75, 3.05) is 27.3 Å². The summed E-state index contributed by atoms with van der Waals surface area (Å²) >= 11 is 0. The summed E-state index contributed by atoms with van der Waals surface area (Å²) in [6, 6.07) is 10.8. The maximum Gasteiger partial charge on any atom is 0.573 e. The molecular formula is C17H18F3NO5S. The number of hydrogen-bond acceptors (Lipinski definition) is 5. The molecule has 148 valence electrons. The summed E-state index contributed by atoms with van der Waals surface area (Å²) in [5.74, 6) is 0.724. The molecule has 2 aromatic rings. The molecule has 0 spiro atoms. The summed E-state index contributed by atoms with van der Waals surface area (Å²) in [5, 5.41) is 0. The van der Waals surface area contributed by atoms with Crippen LogP contribution in [0.15, 0.2) is 53.4 Å². The molecule has 2 aromatic carbocycles. The van der Waals surface area contributed by atoms with E-state index in [0.29, 0.717) is 11.5 Å². The maximum atomic E-state index is 12.4. The lowest BCUT2D eigenvalue weighted by Gasteiger charge is -2.18. The van der Waals surface area contributed by atoms with Gasteiger partial charge in [0.25, 0.3) is 0 Å². The molecule has 0 N–H and O–H groups in total. The van der Waals surface area contributed by atoms with Gasteiger partial charge in [-0.05, 0) is 48.5 Å². The summed E-state index contributed by atoms with van der Waals surface area (Å²) in [7, 11) is -0.975. The van der Waals surface area contributed by atoms with E-state index >= 15 is 0 Å². The minimum Gasteiger partial charge on any atom is -0.497 e. The van der Waals surface area contributed by atoms with Crippen LogP contribution in [0.3, 0.4) is 0 Å². The Hall–Kier alpha value is -2.46. The van der Waals surface area contributed by atoms with Crippen molar-refractivity contribution in [1.82, 2.24) is 4.31 Å². The highest BCUT2D eigenvalue weighted by atomic mass is 32.2. The Morgan fingerprint density at radius 1 is 0.926 bits per heavy atom. The molecule has 0 fully saturated rings. The van der Waals surface area contributed by atoms with Gasteiger partial charge in [0, 0.05) is 13.6 Å². The standard InChI is InChI=1S/C17H18F3NO5S/c1-21(11-12-25-14-5-3-13(24-2)4-6-14)27(22,23)16-9-7-15(8-10-16)26-17(18,19)20/h3-10H,11-12H2,1-2H3. The number of methoxy groups -OCH3 is 1. The van der Waals surface area contributed by atoms with Gasteiger partial charge < -0.3 is 14.2 Å². The van der Waals surface area contributed by atoms with Crippen molar-refractivity contribution in [3.8, 4) is 17.2 Å². The van der Waals surface area contributed by atoms with Crippen molar-refractivity contribution in [2.45, 2.75) is 11.3 Å². The highest BCUT2D eigenvalue weighted by Gasteiger charge is 2.31. The molecule has 0 radical (unpaired) electrons. The van der Waals surface area contributed by atoms with Gasteiger partial charge in [-0.25, -0.2) is 8.42 Å². The largest absolute Gasteiger partial charge is 0.573 e. The second-order valence-corrected chi connectivity index (χ2v) is 7.41. The van der Waals surface area contributed by atoms with Gasteiger partial charge in [-0.1, -0.05) is 0 Å². The van der Waals surface area contributed by atoms with Crippen LogP contribution in [0, 0.1) is 0 Å². The first-order valence-electron chi connectivity index (χ1n) is 7.71. The number of likely N-dealkylation sites (N-methyl/N-ethyl adjacent to an activating group) is 1. The lowest BCUT2D eigenvalue weighted by Crippen LogP contribution is -2.31. The van der Waals surface area contributed by atoms with E-state index in [-0.39, 0.29) is 18.0 Å². The monoisotopic (exact) mass is 405 g/mol. The Balaban J connectivity index is 1.94. The Morgan fingerprint density at radius 2 is 1.44 bits per heavy atom. The fraction of sp³-hybridized carbons (Fsp3) is 0.294. The van der Waals surface area contributed by atoms with E-state index in [1.54, 1.807) is 24.3 Å². The van der Waals surface area contributed by atoms with E-state index in [2.05, 4.69) is 4.74 Å². The average molecular weight is 405 g/mol. The fourth-order valence-electron chi connectivity index (χ4n) is 2.08. The van der Waals surface area contributed by atoms with E-state index < -0.39 is 22.1 Å². The third-order valence-corrected chi connectivity index (χ3v) is 5.37. The van der Waals surface area contributed by atoms with E-state index in [9.17, 15) is 21.6 Å². The van der Waals surface area contributed by atoms with Crippen LogP contribution in [0.1, 0.15) is 0 Å². The summed E-state index contributed by atoms with van der Waals surface area (Å²) in [4.78, 5) is -0.149. The zero-order valence-corrected chi connectivity index (χ0v) is 15.4. The summed E-state index contributed by atoms with van der Waals surface area (Å²) < 4.78 is 76.6. The molecule has 0 unspecified atom stereocenters. The molecule has 0 heterocycles. The van der Waals surface area contributed by atoms with Crippen LogP contribution < -0.4 is 14.2 Å². The van der Waals surface area contributed by atoms with Crippen molar-refractivity contribution < 1.29 is 35.8 Å². The Bertz CT molecular complexity index is 836. The topological polar surface area (TPSA) is 65.1 Å². The van der Waals surface area contributed by atoms with Crippen LogP contribution >= 0.6 is 0 Å². The molecule has 0 aliphatic rings. The number of nitrogens with zero attached hydrogens (tertiary/aromatic N) is 1. The van der Waals surface area contributed by atoms with Crippen LogP contribution in [-0.4, -0.2) is 46.4 Å². The quantitative estimate of drug-likeness (QED) is 0.674. The first-order chi connectivity index (χ1) is 12.6. The lowest BCUT2D eigenvalue weighted by molar-refractivity contribution is -0.274. The third kappa shape index (κ3) is 6.04. The number of rotatable bonds is 8. The predicted octanol–water partition coefficient (Wildman–Crippen LogP) is 3.29. The average Bonchev–Trinajstić information content (AvgIpc) is 2.61. The molecule has 6 nitrogen and oxygen atoms in total. The van der Waals surface area contributed by atoms with Crippen LogP contribution in [0.25, 0.3) is 0 Å². The first-order valence-corrected chi connectivity index (χ1v) is 9.15. The number of benzene rings is 2. The van der Waals surface area contributed by atoms with Gasteiger partial charge in [0.15, 0.2) is 0 Å². The molecule has 0 aliphatic carbocycles. The molecule has 0 aromatic heterocycles. The number of alkyl halides is 3. The number of sulfonamides is 1. The molecule has 10 heteroatoms. The van der Waals surface area contributed by atoms with Crippen molar-refractivity contribution in [1.29, 1.82) is 0 Å². The summed E-state index contributed by atoms with van der Waals surface area (Å²) in [6.45, 7) is 0.145. The van der Waals surface area contributed by atoms with Crippen LogP contribution in [0.2, 0.25) is 0 Å². The minimum absolute atomic E-state index is 0.0508. The highest BCUT2D eigenvalue weighted by molar-refractivity contribution is 7.89. The molecule has 0 saturated carbocycles. The van der Waals surface area contributed by atoms with Gasteiger partial charge in [-0.2, -0.15) is 4.31 Å². The predicted molar refractivity (Wildman–Crippen MR) is 91.4 cm³/mol. The number of hydrogen-bond donors (Lipinski definition) is 0. The van der Waals surface area contributed by atoms with Crippen molar-refractivity contribution in [2.24, 2.45) is 0 Å². The fourth-order valence-corrected chi connectivity index (χ4v) is 3.23. The van der Waals surface area contributed by atoms with E-state index in [0.717, 1.165) is 28.6 Å². The molecule has 0 aliphatic heterocycles. The van der Waals surface area contributed by atoms with Gasteiger partial charge in [-0.3, -0.25) is 0 Å². The highest BCUT2D eigenvalue weighted by Crippen LogP contribution is 2.25. The van der Waals surface area contributed by atoms with Crippen LogP contribution in [-0.2, 0) is 10.0 Å². The Morgan fingerprint density at radius 3 is 1.96 bits per heavy atom. The molecule has 0 amide bonds. The first kappa shape index (κ1) is 20.8. The van der Waals surface area contributed by atoms with Crippen molar-refractivity contribution in [3.63, 3.8) is 0 Å². The summed E-state index contributed by atoms with van der Waals surface area (Å²) in [5.41, 5.74) is 0. The normalized spacial score (nSPS) is 12.1. The van der Waals surface area contributed by atoms with E-state index in [1.807, 2.05) is 0 Å². The second-order valence-electron chi connectivity index (χ2n) is 5.37. The smallest absolute Gasteiger partial charge is 0.497 e. The molecule has 0 saturated heterocycles. The van der Waals surface area contributed by atoms with Gasteiger partial charge in [-0.15, -0.1) is 13.2 Å². The van der Waals surface area contributed by atoms with Crippen LogP contribution in [0.5, 0.6) is 17.2 Å². The molecule has 0 bridgehead atoms. The molecular weight excluding hydrogens is 387 g/mol. The van der Waals surface area contributed by atoms with Gasteiger partial charge in [0.2, 0.25) is 10.0 Å². The zero-order chi connectivity index (χ0) is 20.1. The minimum atomic E-state index is -4.84. The summed E-state index contributed by atoms with van der Waals surface area (Å²) in [6.07, 6.45) is -4.84. The zero-order valence-electron chi connectivity index (χ0n) is 14.6.